The standard InChI is InChI=1S/C34H43N5O6/c1-20(2)26(30-35-28(22(5)39(30)7)33(41)43-18-24-14-10-8-11-15-24)36-31(40)29-23(6)45-32(37-29)27(21(3)4)38-34(42)44-19-25-16-12-9-13-17-25/h8-17,20-21,23,26-27,29H,18-19H2,1-7H3,(H,36,40)(H,38,42)/t23-,26-,27+,29+/m1/s1. The van der Waals surface area contributed by atoms with Gasteiger partial charge in [0.2, 0.25) is 11.8 Å². The van der Waals surface area contributed by atoms with E-state index in [-0.39, 0.29) is 42.5 Å². The van der Waals surface area contributed by atoms with Crippen molar-refractivity contribution in [3.05, 3.63) is 89.0 Å². The highest BCUT2D eigenvalue weighted by Gasteiger charge is 2.39. The van der Waals surface area contributed by atoms with Crippen LogP contribution in [0.2, 0.25) is 0 Å². The third-order valence-corrected chi connectivity index (χ3v) is 7.77. The fourth-order valence-corrected chi connectivity index (χ4v) is 4.99. The summed E-state index contributed by atoms with van der Waals surface area (Å²) < 4.78 is 18.7. The number of alkyl carbamates (subject to hydrolysis) is 1. The summed E-state index contributed by atoms with van der Waals surface area (Å²) in [7, 11) is 1.81. The second-order valence-electron chi connectivity index (χ2n) is 11.9. The van der Waals surface area contributed by atoms with Crippen LogP contribution in [0.4, 0.5) is 4.79 Å². The van der Waals surface area contributed by atoms with Gasteiger partial charge in [0.15, 0.2) is 11.7 Å². The number of carbonyl (C=O) groups is 3. The number of hydrogen-bond acceptors (Lipinski definition) is 8. The fourth-order valence-electron chi connectivity index (χ4n) is 4.99. The molecule has 0 aliphatic carbocycles. The number of carbonyl (C=O) groups excluding carboxylic acids is 3. The lowest BCUT2D eigenvalue weighted by Gasteiger charge is -2.24. The third-order valence-electron chi connectivity index (χ3n) is 7.77. The summed E-state index contributed by atoms with van der Waals surface area (Å²) in [5.41, 5.74) is 2.57. The van der Waals surface area contributed by atoms with Crippen LogP contribution in [0.3, 0.4) is 0 Å². The largest absolute Gasteiger partial charge is 0.474 e. The molecule has 45 heavy (non-hydrogen) atoms. The molecule has 0 saturated heterocycles. The van der Waals surface area contributed by atoms with Gasteiger partial charge >= 0.3 is 12.1 Å². The number of nitrogens with zero attached hydrogens (tertiary/aromatic N) is 3. The highest BCUT2D eigenvalue weighted by Crippen LogP contribution is 2.26. The Morgan fingerprint density at radius 1 is 0.867 bits per heavy atom. The van der Waals surface area contributed by atoms with E-state index in [4.69, 9.17) is 14.2 Å². The van der Waals surface area contributed by atoms with Gasteiger partial charge in [-0.3, -0.25) is 4.79 Å². The molecule has 2 amide bonds. The van der Waals surface area contributed by atoms with E-state index >= 15 is 0 Å². The highest BCUT2D eigenvalue weighted by atomic mass is 16.6. The lowest BCUT2D eigenvalue weighted by atomic mass is 10.0. The number of rotatable bonds is 12. The molecule has 11 nitrogen and oxygen atoms in total. The van der Waals surface area contributed by atoms with Crippen LogP contribution < -0.4 is 10.6 Å². The first-order valence-corrected chi connectivity index (χ1v) is 15.2. The molecule has 0 radical (unpaired) electrons. The molecule has 1 aromatic heterocycles. The summed E-state index contributed by atoms with van der Waals surface area (Å²) in [6, 6.07) is 16.9. The van der Waals surface area contributed by atoms with Crippen LogP contribution in [-0.2, 0) is 39.3 Å². The molecule has 2 heterocycles. The number of esters is 1. The van der Waals surface area contributed by atoms with Crippen LogP contribution in [-0.4, -0.2) is 51.6 Å². The minimum Gasteiger partial charge on any atom is -0.474 e. The van der Waals surface area contributed by atoms with E-state index in [1.807, 2.05) is 88.4 Å². The lowest BCUT2D eigenvalue weighted by Crippen LogP contribution is -2.45. The van der Waals surface area contributed by atoms with Gasteiger partial charge in [-0.1, -0.05) is 88.4 Å². The zero-order chi connectivity index (χ0) is 32.7. The van der Waals surface area contributed by atoms with E-state index in [1.165, 1.54) is 0 Å². The Morgan fingerprint density at radius 3 is 1.98 bits per heavy atom. The number of ether oxygens (including phenoxy) is 3. The summed E-state index contributed by atoms with van der Waals surface area (Å²) in [5.74, 6) is -0.227. The monoisotopic (exact) mass is 617 g/mol. The van der Waals surface area contributed by atoms with Gasteiger partial charge in [-0.05, 0) is 36.8 Å². The smallest absolute Gasteiger partial charge is 0.408 e. The normalized spacial score (nSPS) is 17.3. The van der Waals surface area contributed by atoms with Crippen molar-refractivity contribution in [1.82, 2.24) is 20.2 Å². The first-order chi connectivity index (χ1) is 21.5. The number of hydrogen-bond donors (Lipinski definition) is 2. The molecule has 0 fully saturated rings. The molecule has 0 unspecified atom stereocenters. The van der Waals surface area contributed by atoms with E-state index in [9.17, 15) is 14.4 Å². The Balaban J connectivity index is 1.44. The van der Waals surface area contributed by atoms with Gasteiger partial charge in [0.05, 0.1) is 6.04 Å². The molecule has 0 spiro atoms. The minimum atomic E-state index is -0.846. The first-order valence-electron chi connectivity index (χ1n) is 15.2. The lowest BCUT2D eigenvalue weighted by molar-refractivity contribution is -0.124. The molecule has 0 saturated carbocycles. The van der Waals surface area contributed by atoms with Crippen molar-refractivity contribution in [1.29, 1.82) is 0 Å². The molecule has 2 N–H and O–H groups in total. The van der Waals surface area contributed by atoms with Gasteiger partial charge in [-0.15, -0.1) is 0 Å². The minimum absolute atomic E-state index is 0.0619. The topological polar surface area (TPSA) is 133 Å². The third kappa shape index (κ3) is 8.29. The molecule has 4 rings (SSSR count). The summed E-state index contributed by atoms with van der Waals surface area (Å²) >= 11 is 0. The van der Waals surface area contributed by atoms with E-state index in [0.717, 1.165) is 11.1 Å². The number of imidazole rings is 1. The van der Waals surface area contributed by atoms with E-state index in [0.29, 0.717) is 11.5 Å². The molecular weight excluding hydrogens is 574 g/mol. The van der Waals surface area contributed by atoms with Crippen molar-refractivity contribution in [2.24, 2.45) is 23.9 Å². The maximum absolute atomic E-state index is 13.6. The van der Waals surface area contributed by atoms with Crippen molar-refractivity contribution in [2.45, 2.75) is 79.0 Å². The number of benzene rings is 2. The zero-order valence-corrected chi connectivity index (χ0v) is 26.9. The number of aliphatic imine (C=N–C) groups is 1. The van der Waals surface area contributed by atoms with Crippen molar-refractivity contribution in [2.75, 3.05) is 0 Å². The fraction of sp³-hybridized carbons (Fsp3) is 0.441. The van der Waals surface area contributed by atoms with Gasteiger partial charge in [0, 0.05) is 12.7 Å². The van der Waals surface area contributed by atoms with E-state index < -0.39 is 36.3 Å². The summed E-state index contributed by atoms with van der Waals surface area (Å²) in [4.78, 5) is 48.4. The summed E-state index contributed by atoms with van der Waals surface area (Å²) in [6.45, 7) is 11.6. The van der Waals surface area contributed by atoms with E-state index in [1.54, 1.807) is 25.5 Å². The van der Waals surface area contributed by atoms with Gasteiger partial charge < -0.3 is 29.4 Å². The van der Waals surface area contributed by atoms with E-state index in [2.05, 4.69) is 20.6 Å². The van der Waals surface area contributed by atoms with Crippen LogP contribution in [0, 0.1) is 18.8 Å². The Labute approximate surface area is 264 Å². The van der Waals surface area contributed by atoms with Crippen LogP contribution in [0.15, 0.2) is 65.7 Å². The molecule has 1 aliphatic rings. The Morgan fingerprint density at radius 2 is 1.42 bits per heavy atom. The van der Waals surface area contributed by atoms with Crippen molar-refractivity contribution >= 4 is 23.9 Å². The molecule has 3 aromatic rings. The molecule has 2 aromatic carbocycles. The second kappa shape index (κ2) is 14.9. The number of aromatic nitrogens is 2. The number of amides is 2. The van der Waals surface area contributed by atoms with Crippen LogP contribution in [0.1, 0.15) is 73.8 Å². The molecular formula is C34H43N5O6. The quantitative estimate of drug-likeness (QED) is 0.272. The van der Waals surface area contributed by atoms with Gasteiger partial charge in [-0.25, -0.2) is 19.6 Å². The second-order valence-corrected chi connectivity index (χ2v) is 11.9. The Kier molecular flexibility index (Phi) is 11.0. The predicted octanol–water partition coefficient (Wildman–Crippen LogP) is 5.04. The molecule has 240 valence electrons. The average molecular weight is 618 g/mol. The van der Waals surface area contributed by atoms with Crippen LogP contribution in [0.25, 0.3) is 0 Å². The van der Waals surface area contributed by atoms with Crippen molar-refractivity contribution in [3.8, 4) is 0 Å². The average Bonchev–Trinajstić information content (AvgIpc) is 3.55. The maximum atomic E-state index is 13.6. The Hall–Kier alpha value is -4.67. The number of nitrogens with one attached hydrogen (secondary N) is 2. The van der Waals surface area contributed by atoms with Gasteiger partial charge in [0.25, 0.3) is 0 Å². The van der Waals surface area contributed by atoms with Crippen LogP contribution >= 0.6 is 0 Å². The summed E-state index contributed by atoms with van der Waals surface area (Å²) in [6.07, 6.45) is -1.17. The highest BCUT2D eigenvalue weighted by molar-refractivity contribution is 5.93. The van der Waals surface area contributed by atoms with Crippen LogP contribution in [0.5, 0.6) is 0 Å². The van der Waals surface area contributed by atoms with Crippen molar-refractivity contribution in [3.63, 3.8) is 0 Å². The molecule has 11 heteroatoms. The first kappa shape index (κ1) is 33.2. The van der Waals surface area contributed by atoms with Gasteiger partial charge in [-0.2, -0.15) is 0 Å². The molecule has 0 bridgehead atoms. The summed E-state index contributed by atoms with van der Waals surface area (Å²) in [5, 5.41) is 5.91. The van der Waals surface area contributed by atoms with Gasteiger partial charge in [0.1, 0.15) is 31.2 Å². The maximum Gasteiger partial charge on any atom is 0.408 e. The predicted molar refractivity (Wildman–Crippen MR) is 169 cm³/mol. The Bertz CT molecular complexity index is 1500. The van der Waals surface area contributed by atoms with Crippen molar-refractivity contribution < 1.29 is 28.6 Å². The molecule has 4 atom stereocenters. The SMILES string of the molecule is Cc1c(C(=O)OCc2ccccc2)nc([C@H](NC(=O)[C@H]2N=C([C@@H](NC(=O)OCc3ccccc3)C(C)C)O[C@@H]2C)C(C)C)n1C. The zero-order valence-electron chi connectivity index (χ0n) is 26.9. The molecule has 1 aliphatic heterocycles.